The van der Waals surface area contributed by atoms with Crippen molar-refractivity contribution < 1.29 is 23.1 Å². The van der Waals surface area contributed by atoms with Crippen LogP contribution in [0.3, 0.4) is 0 Å². The molecule has 4 nitrogen and oxygen atoms in total. The van der Waals surface area contributed by atoms with Gasteiger partial charge in [-0.2, -0.15) is 0 Å². The first-order chi connectivity index (χ1) is 9.99. The number of aliphatic carboxylic acids is 1. The van der Waals surface area contributed by atoms with Gasteiger partial charge in [0.15, 0.2) is 0 Å². The number of nitrogens with one attached hydrogen (secondary N) is 1. The van der Waals surface area contributed by atoms with Crippen molar-refractivity contribution in [2.24, 2.45) is 5.92 Å². The Labute approximate surface area is 120 Å². The number of carbonyl (C=O) groups is 1. The van der Waals surface area contributed by atoms with Gasteiger partial charge in [0.2, 0.25) is 0 Å². The van der Waals surface area contributed by atoms with Crippen LogP contribution < -0.4 is 5.32 Å². The molecule has 0 spiro atoms. The predicted octanol–water partition coefficient (Wildman–Crippen LogP) is 3.04. The Hall–Kier alpha value is -2.21. The standard InChI is InChI=1S/C15H15F2NO3/c1-9(15(19)20)7-18-8-10-5-6-13(21-10)14-11(16)3-2-4-12(14)17/h2-6,9,18H,7-8H2,1H3,(H,19,20). The van der Waals surface area contributed by atoms with E-state index in [9.17, 15) is 13.6 Å². The summed E-state index contributed by atoms with van der Waals surface area (Å²) in [5.41, 5.74) is -0.206. The minimum Gasteiger partial charge on any atom is -0.481 e. The fourth-order valence-electron chi connectivity index (χ4n) is 1.84. The molecule has 1 atom stereocenters. The van der Waals surface area contributed by atoms with Crippen molar-refractivity contribution in [2.45, 2.75) is 13.5 Å². The molecule has 0 aliphatic rings. The summed E-state index contributed by atoms with van der Waals surface area (Å²) in [6.45, 7) is 2.14. The van der Waals surface area contributed by atoms with Crippen molar-refractivity contribution in [3.63, 3.8) is 0 Å². The summed E-state index contributed by atoms with van der Waals surface area (Å²) in [5.74, 6) is -2.22. The first-order valence-electron chi connectivity index (χ1n) is 6.45. The quantitative estimate of drug-likeness (QED) is 0.860. The Morgan fingerprint density at radius 2 is 1.95 bits per heavy atom. The van der Waals surface area contributed by atoms with E-state index in [0.29, 0.717) is 5.76 Å². The maximum Gasteiger partial charge on any atom is 0.307 e. The fourth-order valence-corrected chi connectivity index (χ4v) is 1.84. The van der Waals surface area contributed by atoms with Crippen LogP contribution in [0.5, 0.6) is 0 Å². The number of furan rings is 1. The molecule has 1 aromatic carbocycles. The van der Waals surface area contributed by atoms with Gasteiger partial charge in [-0.1, -0.05) is 13.0 Å². The molecule has 21 heavy (non-hydrogen) atoms. The molecule has 0 bridgehead atoms. The lowest BCUT2D eigenvalue weighted by molar-refractivity contribution is -0.140. The lowest BCUT2D eigenvalue weighted by atomic mass is 10.1. The summed E-state index contributed by atoms with van der Waals surface area (Å²) >= 11 is 0. The van der Waals surface area contributed by atoms with Gasteiger partial charge in [-0.15, -0.1) is 0 Å². The summed E-state index contributed by atoms with van der Waals surface area (Å²) in [4.78, 5) is 10.7. The van der Waals surface area contributed by atoms with Gasteiger partial charge in [0.05, 0.1) is 18.0 Å². The molecule has 1 aromatic heterocycles. The molecule has 1 heterocycles. The van der Waals surface area contributed by atoms with Crippen molar-refractivity contribution in [2.75, 3.05) is 6.54 Å². The predicted molar refractivity (Wildman–Crippen MR) is 72.6 cm³/mol. The number of hydrogen-bond donors (Lipinski definition) is 2. The van der Waals surface area contributed by atoms with Crippen molar-refractivity contribution in [1.29, 1.82) is 0 Å². The highest BCUT2D eigenvalue weighted by molar-refractivity contribution is 5.69. The second-order valence-corrected chi connectivity index (χ2v) is 4.73. The van der Waals surface area contributed by atoms with E-state index < -0.39 is 23.5 Å². The Balaban J connectivity index is 2.03. The molecule has 0 fully saturated rings. The summed E-state index contributed by atoms with van der Waals surface area (Å²) in [6.07, 6.45) is 0. The SMILES string of the molecule is CC(CNCc1ccc(-c2c(F)cccc2F)o1)C(=O)O. The highest BCUT2D eigenvalue weighted by atomic mass is 19.1. The van der Waals surface area contributed by atoms with E-state index in [1.807, 2.05) is 0 Å². The zero-order valence-electron chi connectivity index (χ0n) is 11.4. The molecule has 0 amide bonds. The first kappa shape index (κ1) is 15.2. The monoisotopic (exact) mass is 295 g/mol. The summed E-state index contributed by atoms with van der Waals surface area (Å²) in [7, 11) is 0. The fraction of sp³-hybridized carbons (Fsp3) is 0.267. The van der Waals surface area contributed by atoms with Gasteiger partial charge >= 0.3 is 5.97 Å². The van der Waals surface area contributed by atoms with E-state index in [1.165, 1.54) is 12.1 Å². The van der Waals surface area contributed by atoms with E-state index in [0.717, 1.165) is 12.1 Å². The van der Waals surface area contributed by atoms with Crippen LogP contribution in [0, 0.1) is 17.6 Å². The highest BCUT2D eigenvalue weighted by Gasteiger charge is 2.15. The van der Waals surface area contributed by atoms with Crippen LogP contribution in [0.4, 0.5) is 8.78 Å². The number of carboxylic acids is 1. The Bertz CT molecular complexity index is 619. The van der Waals surface area contributed by atoms with Crippen LogP contribution >= 0.6 is 0 Å². The molecular formula is C15H15F2NO3. The second kappa shape index (κ2) is 6.49. The average Bonchev–Trinajstić information content (AvgIpc) is 2.87. The molecule has 0 radical (unpaired) electrons. The van der Waals surface area contributed by atoms with Gasteiger partial charge in [0.25, 0.3) is 0 Å². The molecule has 0 saturated heterocycles. The Kier molecular flexibility index (Phi) is 4.70. The lowest BCUT2D eigenvalue weighted by Crippen LogP contribution is -2.25. The minimum absolute atomic E-state index is 0.105. The maximum atomic E-state index is 13.6. The normalized spacial score (nSPS) is 12.3. The number of carboxylic acid groups (broad SMARTS) is 1. The molecular weight excluding hydrogens is 280 g/mol. The Morgan fingerprint density at radius 1 is 1.29 bits per heavy atom. The molecule has 6 heteroatoms. The molecule has 0 saturated carbocycles. The van der Waals surface area contributed by atoms with E-state index in [1.54, 1.807) is 13.0 Å². The number of halogens is 2. The van der Waals surface area contributed by atoms with Gasteiger partial charge in [0.1, 0.15) is 23.2 Å². The maximum absolute atomic E-state index is 13.6. The third-order valence-electron chi connectivity index (χ3n) is 3.04. The summed E-state index contributed by atoms with van der Waals surface area (Å²) in [5, 5.41) is 11.7. The number of rotatable bonds is 6. The van der Waals surface area contributed by atoms with Crippen LogP contribution in [0.15, 0.2) is 34.7 Å². The molecule has 2 rings (SSSR count). The molecule has 1 unspecified atom stereocenters. The van der Waals surface area contributed by atoms with Gasteiger partial charge in [-0.3, -0.25) is 4.79 Å². The third-order valence-corrected chi connectivity index (χ3v) is 3.04. The van der Waals surface area contributed by atoms with Crippen molar-refractivity contribution in [3.05, 3.63) is 47.7 Å². The number of hydrogen-bond acceptors (Lipinski definition) is 3. The van der Waals surface area contributed by atoms with Crippen molar-refractivity contribution in [3.8, 4) is 11.3 Å². The minimum atomic E-state index is -0.893. The zero-order valence-corrected chi connectivity index (χ0v) is 11.4. The van der Waals surface area contributed by atoms with E-state index >= 15 is 0 Å². The highest BCUT2D eigenvalue weighted by Crippen LogP contribution is 2.27. The van der Waals surface area contributed by atoms with E-state index in [4.69, 9.17) is 9.52 Å². The molecule has 2 N–H and O–H groups in total. The van der Waals surface area contributed by atoms with E-state index in [2.05, 4.69) is 5.32 Å². The molecule has 0 aliphatic heterocycles. The third kappa shape index (κ3) is 3.66. The van der Waals surface area contributed by atoms with Gasteiger partial charge in [0, 0.05) is 6.54 Å². The van der Waals surface area contributed by atoms with E-state index in [-0.39, 0.29) is 24.4 Å². The summed E-state index contributed by atoms with van der Waals surface area (Å²) in [6, 6.07) is 6.69. The average molecular weight is 295 g/mol. The smallest absolute Gasteiger partial charge is 0.307 e. The first-order valence-corrected chi connectivity index (χ1v) is 6.45. The zero-order chi connectivity index (χ0) is 15.4. The summed E-state index contributed by atoms with van der Waals surface area (Å²) < 4.78 is 32.6. The molecule has 112 valence electrons. The van der Waals surface area contributed by atoms with Crippen LogP contribution in [0.25, 0.3) is 11.3 Å². The number of benzene rings is 1. The molecule has 2 aromatic rings. The Morgan fingerprint density at radius 3 is 2.57 bits per heavy atom. The lowest BCUT2D eigenvalue weighted by Gasteiger charge is -2.06. The molecule has 0 aliphatic carbocycles. The van der Waals surface area contributed by atoms with Crippen LogP contribution in [0.1, 0.15) is 12.7 Å². The van der Waals surface area contributed by atoms with Crippen LogP contribution in [-0.4, -0.2) is 17.6 Å². The largest absolute Gasteiger partial charge is 0.481 e. The topological polar surface area (TPSA) is 62.5 Å². The second-order valence-electron chi connectivity index (χ2n) is 4.73. The van der Waals surface area contributed by atoms with Gasteiger partial charge in [-0.05, 0) is 24.3 Å². The van der Waals surface area contributed by atoms with Gasteiger partial charge in [-0.25, -0.2) is 8.78 Å². The van der Waals surface area contributed by atoms with Crippen molar-refractivity contribution in [1.82, 2.24) is 5.32 Å². The van der Waals surface area contributed by atoms with Crippen LogP contribution in [0.2, 0.25) is 0 Å². The van der Waals surface area contributed by atoms with Crippen molar-refractivity contribution >= 4 is 5.97 Å². The van der Waals surface area contributed by atoms with Crippen LogP contribution in [-0.2, 0) is 11.3 Å². The van der Waals surface area contributed by atoms with Gasteiger partial charge < -0.3 is 14.8 Å².